The molecule has 1 aliphatic heterocycles. The molecule has 1 saturated heterocycles. The molecule has 1 N–H and O–H groups in total. The smallest absolute Gasteiger partial charge is 0.249 e. The maximum absolute atomic E-state index is 11.7. The number of hydrogen-bond donors (Lipinski definition) is 1. The van der Waals surface area contributed by atoms with Gasteiger partial charge in [0, 0.05) is 44.8 Å². The van der Waals surface area contributed by atoms with E-state index in [1.54, 1.807) is 4.90 Å². The number of amides is 1. The van der Waals surface area contributed by atoms with E-state index in [-0.39, 0.29) is 12.5 Å². The average molecular weight is 198 g/mol. The Kier molecular flexibility index (Phi) is 4.10. The summed E-state index contributed by atoms with van der Waals surface area (Å²) >= 11 is 0. The number of hydrogen-bond acceptors (Lipinski definition) is 3. The Morgan fingerprint density at radius 3 is 2.43 bits per heavy atom. The zero-order valence-electron chi connectivity index (χ0n) is 8.70. The number of nitrogens with zero attached hydrogens (tertiary/aromatic N) is 2. The van der Waals surface area contributed by atoms with Crippen LogP contribution in [0.4, 0.5) is 0 Å². The third-order valence-corrected chi connectivity index (χ3v) is 2.51. The fourth-order valence-electron chi connectivity index (χ4n) is 1.48. The lowest BCUT2D eigenvalue weighted by molar-refractivity contribution is -0.128. The molecule has 1 fully saturated rings. The Hall–Kier alpha value is -0.870. The van der Waals surface area contributed by atoms with Gasteiger partial charge in [-0.1, -0.05) is 6.58 Å². The van der Waals surface area contributed by atoms with Gasteiger partial charge in [-0.25, -0.2) is 0 Å². The summed E-state index contributed by atoms with van der Waals surface area (Å²) in [7, 11) is 2.05. The first kappa shape index (κ1) is 11.2. The number of piperazine rings is 1. The molecular weight excluding hydrogens is 180 g/mol. The van der Waals surface area contributed by atoms with Gasteiger partial charge in [0.1, 0.15) is 0 Å². The molecule has 1 rings (SSSR count). The number of aliphatic hydroxyl groups excluding tert-OH is 1. The summed E-state index contributed by atoms with van der Waals surface area (Å²) in [6.07, 6.45) is 0.380. The van der Waals surface area contributed by atoms with Gasteiger partial charge in [-0.15, -0.1) is 0 Å². The second kappa shape index (κ2) is 5.12. The molecule has 4 heteroatoms. The van der Waals surface area contributed by atoms with Gasteiger partial charge in [0.2, 0.25) is 5.91 Å². The monoisotopic (exact) mass is 198 g/mol. The van der Waals surface area contributed by atoms with Gasteiger partial charge in [0.15, 0.2) is 0 Å². The van der Waals surface area contributed by atoms with Crippen molar-refractivity contribution in [1.29, 1.82) is 0 Å². The maximum Gasteiger partial charge on any atom is 0.249 e. The van der Waals surface area contributed by atoms with Crippen LogP contribution in [0.3, 0.4) is 0 Å². The Balaban J connectivity index is 2.41. The zero-order valence-corrected chi connectivity index (χ0v) is 8.70. The molecule has 14 heavy (non-hydrogen) atoms. The fourth-order valence-corrected chi connectivity index (χ4v) is 1.48. The van der Waals surface area contributed by atoms with Gasteiger partial charge >= 0.3 is 0 Å². The van der Waals surface area contributed by atoms with Crippen molar-refractivity contribution < 1.29 is 9.90 Å². The Morgan fingerprint density at radius 1 is 1.36 bits per heavy atom. The van der Waals surface area contributed by atoms with Crippen LogP contribution in [0.25, 0.3) is 0 Å². The van der Waals surface area contributed by atoms with Crippen LogP contribution in [0.2, 0.25) is 0 Å². The van der Waals surface area contributed by atoms with Crippen LogP contribution in [0.5, 0.6) is 0 Å². The Labute approximate surface area is 84.8 Å². The van der Waals surface area contributed by atoms with Gasteiger partial charge in [-0.05, 0) is 7.05 Å². The summed E-state index contributed by atoms with van der Waals surface area (Å²) in [5.74, 6) is -0.00727. The molecule has 1 aliphatic rings. The number of carbonyl (C=O) groups is 1. The highest BCUT2D eigenvalue weighted by atomic mass is 16.3. The highest BCUT2D eigenvalue weighted by Crippen LogP contribution is 2.07. The summed E-state index contributed by atoms with van der Waals surface area (Å²) in [5.41, 5.74) is 0.511. The molecular formula is C10H18N2O2. The third kappa shape index (κ3) is 2.82. The topological polar surface area (TPSA) is 43.8 Å². The summed E-state index contributed by atoms with van der Waals surface area (Å²) in [6, 6.07) is 0. The summed E-state index contributed by atoms with van der Waals surface area (Å²) < 4.78 is 0. The van der Waals surface area contributed by atoms with Crippen LogP contribution in [-0.2, 0) is 4.79 Å². The molecule has 0 saturated carbocycles. The van der Waals surface area contributed by atoms with E-state index in [0.29, 0.717) is 12.0 Å². The summed E-state index contributed by atoms with van der Waals surface area (Å²) in [5, 5.41) is 8.69. The van der Waals surface area contributed by atoms with E-state index in [1.807, 2.05) is 7.05 Å². The van der Waals surface area contributed by atoms with Crippen LogP contribution >= 0.6 is 0 Å². The molecule has 80 valence electrons. The van der Waals surface area contributed by atoms with Crippen molar-refractivity contribution in [3.05, 3.63) is 12.2 Å². The lowest BCUT2D eigenvalue weighted by Gasteiger charge is -2.32. The van der Waals surface area contributed by atoms with E-state index in [2.05, 4.69) is 11.5 Å². The first-order valence-electron chi connectivity index (χ1n) is 4.91. The van der Waals surface area contributed by atoms with Crippen molar-refractivity contribution in [3.63, 3.8) is 0 Å². The maximum atomic E-state index is 11.7. The van der Waals surface area contributed by atoms with Gasteiger partial charge < -0.3 is 14.9 Å². The number of rotatable bonds is 3. The first-order chi connectivity index (χ1) is 6.65. The summed E-state index contributed by atoms with van der Waals surface area (Å²) in [6.45, 7) is 7.03. The van der Waals surface area contributed by atoms with Crippen molar-refractivity contribution in [2.45, 2.75) is 6.42 Å². The van der Waals surface area contributed by atoms with E-state index in [9.17, 15) is 4.79 Å². The van der Waals surface area contributed by atoms with E-state index in [0.717, 1.165) is 26.2 Å². The molecule has 0 radical (unpaired) electrons. The minimum absolute atomic E-state index is 0.00167. The Morgan fingerprint density at radius 2 is 1.93 bits per heavy atom. The molecule has 0 bridgehead atoms. The quantitative estimate of drug-likeness (QED) is 0.633. The molecule has 4 nitrogen and oxygen atoms in total. The SMILES string of the molecule is C=C(CCO)C(=O)N1CCN(C)CC1. The minimum Gasteiger partial charge on any atom is -0.396 e. The second-order valence-electron chi connectivity index (χ2n) is 3.67. The van der Waals surface area contributed by atoms with E-state index < -0.39 is 0 Å². The molecule has 0 spiro atoms. The van der Waals surface area contributed by atoms with Gasteiger partial charge in [-0.3, -0.25) is 4.79 Å². The van der Waals surface area contributed by atoms with Crippen molar-refractivity contribution >= 4 is 5.91 Å². The third-order valence-electron chi connectivity index (χ3n) is 2.51. The second-order valence-corrected chi connectivity index (χ2v) is 3.67. The number of aliphatic hydroxyl groups is 1. The molecule has 1 heterocycles. The molecule has 0 aliphatic carbocycles. The Bertz CT molecular complexity index is 220. The van der Waals surface area contributed by atoms with Crippen LogP contribution in [0.1, 0.15) is 6.42 Å². The van der Waals surface area contributed by atoms with E-state index >= 15 is 0 Å². The van der Waals surface area contributed by atoms with E-state index in [1.165, 1.54) is 0 Å². The van der Waals surface area contributed by atoms with Gasteiger partial charge in [-0.2, -0.15) is 0 Å². The molecule has 0 atom stereocenters. The number of carbonyl (C=O) groups excluding carboxylic acids is 1. The van der Waals surface area contributed by atoms with Crippen LogP contribution in [0, 0.1) is 0 Å². The van der Waals surface area contributed by atoms with Crippen LogP contribution in [0.15, 0.2) is 12.2 Å². The average Bonchev–Trinajstić information content (AvgIpc) is 2.18. The lowest BCUT2D eigenvalue weighted by Crippen LogP contribution is -2.47. The molecule has 0 aromatic rings. The summed E-state index contributed by atoms with van der Waals surface area (Å²) in [4.78, 5) is 15.7. The number of likely N-dealkylation sites (N-methyl/N-ethyl adjacent to an activating group) is 1. The van der Waals surface area contributed by atoms with Crippen molar-refractivity contribution in [1.82, 2.24) is 9.80 Å². The van der Waals surface area contributed by atoms with E-state index in [4.69, 9.17) is 5.11 Å². The van der Waals surface area contributed by atoms with Crippen LogP contribution in [-0.4, -0.2) is 60.6 Å². The molecule has 0 aromatic carbocycles. The minimum atomic E-state index is -0.00727. The predicted octanol–water partition coefficient (Wildman–Crippen LogP) is -0.301. The van der Waals surface area contributed by atoms with Crippen LogP contribution < -0.4 is 0 Å². The molecule has 1 amide bonds. The zero-order chi connectivity index (χ0) is 10.6. The highest BCUT2D eigenvalue weighted by Gasteiger charge is 2.20. The van der Waals surface area contributed by atoms with Gasteiger partial charge in [0.05, 0.1) is 0 Å². The standard InChI is InChI=1S/C10H18N2O2/c1-9(3-8-13)10(14)12-6-4-11(2)5-7-12/h13H,1,3-8H2,2H3. The normalized spacial score (nSPS) is 18.3. The first-order valence-corrected chi connectivity index (χ1v) is 4.91. The lowest BCUT2D eigenvalue weighted by atomic mass is 10.2. The van der Waals surface area contributed by atoms with Crippen molar-refractivity contribution in [2.75, 3.05) is 39.8 Å². The van der Waals surface area contributed by atoms with Gasteiger partial charge in [0.25, 0.3) is 0 Å². The largest absolute Gasteiger partial charge is 0.396 e. The predicted molar refractivity (Wildman–Crippen MR) is 54.9 cm³/mol. The highest BCUT2D eigenvalue weighted by molar-refractivity contribution is 5.92. The van der Waals surface area contributed by atoms with Crippen molar-refractivity contribution in [3.8, 4) is 0 Å². The molecule has 0 aromatic heterocycles. The van der Waals surface area contributed by atoms with Crippen molar-refractivity contribution in [2.24, 2.45) is 0 Å². The molecule has 0 unspecified atom stereocenters. The fraction of sp³-hybridized carbons (Fsp3) is 0.700.